The topological polar surface area (TPSA) is 117 Å². The summed E-state index contributed by atoms with van der Waals surface area (Å²) in [6.45, 7) is 9.26. The van der Waals surface area contributed by atoms with Crippen LogP contribution in [0, 0.1) is 6.92 Å². The lowest BCUT2D eigenvalue weighted by Gasteiger charge is -2.35. The van der Waals surface area contributed by atoms with Gasteiger partial charge < -0.3 is 10.6 Å². The molecule has 0 aliphatic carbocycles. The molecule has 0 radical (unpaired) electrons. The van der Waals surface area contributed by atoms with Crippen molar-refractivity contribution >= 4 is 34.1 Å². The molecule has 0 amide bonds. The second-order valence-corrected chi connectivity index (χ2v) is 9.61. The highest BCUT2D eigenvalue weighted by Crippen LogP contribution is 2.22. The fourth-order valence-electron chi connectivity index (χ4n) is 4.17. The van der Waals surface area contributed by atoms with Crippen LogP contribution < -0.4 is 16.0 Å². The molecule has 2 unspecified atom stereocenters. The largest absolute Gasteiger partial charge is 0.325 e. The fourth-order valence-corrected chi connectivity index (χ4v) is 4.87. The smallest absolute Gasteiger partial charge is 0.230 e. The number of nitrogens with one attached hydrogen (secondary N) is 3. The molecule has 3 N–H and O–H groups in total. The molecule has 4 aromatic heterocycles. The van der Waals surface area contributed by atoms with Crippen molar-refractivity contribution in [1.29, 1.82) is 0 Å². The highest BCUT2D eigenvalue weighted by molar-refractivity contribution is 7.13. The first-order valence-electron chi connectivity index (χ1n) is 11.6. The summed E-state index contributed by atoms with van der Waals surface area (Å²) in [5, 5.41) is 12.9. The lowest BCUT2D eigenvalue weighted by molar-refractivity contribution is 0.165. The molecule has 4 aromatic rings. The van der Waals surface area contributed by atoms with Gasteiger partial charge in [-0.05, 0) is 45.0 Å². The third-order valence-electron chi connectivity index (χ3n) is 5.47. The zero-order valence-electron chi connectivity index (χ0n) is 19.9. The van der Waals surface area contributed by atoms with Crippen molar-refractivity contribution in [3.05, 3.63) is 59.5 Å². The van der Waals surface area contributed by atoms with E-state index in [1.165, 1.54) is 0 Å². The Morgan fingerprint density at radius 3 is 2.51 bits per heavy atom. The van der Waals surface area contributed by atoms with Crippen LogP contribution in [0.3, 0.4) is 0 Å². The van der Waals surface area contributed by atoms with Crippen molar-refractivity contribution in [3.8, 4) is 11.5 Å². The SMILES string of the molecule is Cc1cccc(-c2nccc(Nc3ccnc(Nc4nc(CN5CC(C)NC(C)C5)cs4)n3)n2)n1. The van der Waals surface area contributed by atoms with Crippen LogP contribution in [-0.4, -0.2) is 60.0 Å². The van der Waals surface area contributed by atoms with E-state index >= 15 is 0 Å². The summed E-state index contributed by atoms with van der Waals surface area (Å²) in [5.41, 5.74) is 2.69. The first-order chi connectivity index (χ1) is 17.0. The predicted molar refractivity (Wildman–Crippen MR) is 138 cm³/mol. The van der Waals surface area contributed by atoms with Crippen molar-refractivity contribution < 1.29 is 0 Å². The van der Waals surface area contributed by atoms with E-state index in [1.807, 2.05) is 25.1 Å². The summed E-state index contributed by atoms with van der Waals surface area (Å²) in [7, 11) is 0. The molecule has 11 heteroatoms. The van der Waals surface area contributed by atoms with Gasteiger partial charge in [0.1, 0.15) is 17.3 Å². The molecule has 2 atom stereocenters. The van der Waals surface area contributed by atoms with Crippen LogP contribution >= 0.6 is 11.3 Å². The van der Waals surface area contributed by atoms with Gasteiger partial charge in [-0.1, -0.05) is 6.07 Å². The maximum Gasteiger partial charge on any atom is 0.230 e. The molecule has 0 spiro atoms. The molecule has 0 bridgehead atoms. The van der Waals surface area contributed by atoms with Gasteiger partial charge >= 0.3 is 0 Å². The lowest BCUT2D eigenvalue weighted by atomic mass is 10.1. The minimum atomic E-state index is 0.468. The first kappa shape index (κ1) is 23.2. The van der Waals surface area contributed by atoms with Gasteiger partial charge in [0.2, 0.25) is 5.95 Å². The van der Waals surface area contributed by atoms with Gasteiger partial charge in [0, 0.05) is 55.2 Å². The van der Waals surface area contributed by atoms with E-state index in [2.05, 4.69) is 65.0 Å². The van der Waals surface area contributed by atoms with E-state index in [4.69, 9.17) is 4.98 Å². The number of thiazole rings is 1. The summed E-state index contributed by atoms with van der Waals surface area (Å²) >= 11 is 1.55. The number of rotatable bonds is 7. The molecule has 0 saturated carbocycles. The Hall–Kier alpha value is -3.54. The zero-order valence-corrected chi connectivity index (χ0v) is 20.8. The third-order valence-corrected chi connectivity index (χ3v) is 6.28. The zero-order chi connectivity index (χ0) is 24.2. The minimum absolute atomic E-state index is 0.468. The van der Waals surface area contributed by atoms with E-state index in [1.54, 1.807) is 35.9 Å². The molecule has 1 saturated heterocycles. The van der Waals surface area contributed by atoms with Gasteiger partial charge in [-0.3, -0.25) is 10.2 Å². The number of hydrogen-bond acceptors (Lipinski definition) is 11. The average Bonchev–Trinajstić information content (AvgIpc) is 3.25. The highest BCUT2D eigenvalue weighted by atomic mass is 32.1. The number of piperazine rings is 1. The van der Waals surface area contributed by atoms with E-state index in [0.29, 0.717) is 35.5 Å². The summed E-state index contributed by atoms with van der Waals surface area (Å²) in [5.74, 6) is 2.26. The van der Waals surface area contributed by atoms with E-state index in [-0.39, 0.29) is 0 Å². The molecule has 1 fully saturated rings. The van der Waals surface area contributed by atoms with Crippen molar-refractivity contribution in [2.75, 3.05) is 23.7 Å². The average molecular weight is 489 g/mol. The highest BCUT2D eigenvalue weighted by Gasteiger charge is 2.21. The van der Waals surface area contributed by atoms with E-state index in [9.17, 15) is 0 Å². The Kier molecular flexibility index (Phi) is 6.89. The van der Waals surface area contributed by atoms with Gasteiger partial charge in [-0.15, -0.1) is 11.3 Å². The van der Waals surface area contributed by atoms with Crippen molar-refractivity contribution in [1.82, 2.24) is 40.1 Å². The van der Waals surface area contributed by atoms with Crippen LogP contribution in [-0.2, 0) is 6.54 Å². The second-order valence-electron chi connectivity index (χ2n) is 8.75. The summed E-state index contributed by atoms with van der Waals surface area (Å²) < 4.78 is 0. The van der Waals surface area contributed by atoms with Gasteiger partial charge in [0.15, 0.2) is 11.0 Å². The summed E-state index contributed by atoms with van der Waals surface area (Å²) in [4.78, 5) is 29.5. The maximum atomic E-state index is 4.73. The number of aryl methyl sites for hydroxylation is 1. The van der Waals surface area contributed by atoms with Gasteiger partial charge in [-0.25, -0.2) is 24.9 Å². The number of pyridine rings is 1. The minimum Gasteiger partial charge on any atom is -0.325 e. The quantitative estimate of drug-likeness (QED) is 0.355. The number of anilines is 4. The van der Waals surface area contributed by atoms with Crippen molar-refractivity contribution in [2.24, 2.45) is 0 Å². The normalized spacial score (nSPS) is 18.4. The Balaban J connectivity index is 1.24. The van der Waals surface area contributed by atoms with Crippen LogP contribution in [0.2, 0.25) is 0 Å². The number of nitrogens with zero attached hydrogens (tertiary/aromatic N) is 7. The third kappa shape index (κ3) is 6.13. The summed E-state index contributed by atoms with van der Waals surface area (Å²) in [6, 6.07) is 10.3. The van der Waals surface area contributed by atoms with Crippen LogP contribution in [0.15, 0.2) is 48.1 Å². The van der Waals surface area contributed by atoms with Crippen LogP contribution in [0.25, 0.3) is 11.5 Å². The van der Waals surface area contributed by atoms with Gasteiger partial charge in [0.25, 0.3) is 0 Å². The standard InChI is InChI=1S/C24H28N10S/c1-15-5-4-6-19(28-15)22-25-9-7-20(31-22)30-21-8-10-26-23(32-21)33-24-29-18(14-35-24)13-34-11-16(2)27-17(3)12-34/h4-10,14,16-17,27H,11-13H2,1-3H3,(H2,25,26,29,30,31,32,33). The van der Waals surface area contributed by atoms with Crippen LogP contribution in [0.1, 0.15) is 25.2 Å². The molecular weight excluding hydrogens is 460 g/mol. The Labute approximate surface area is 208 Å². The molecular formula is C24H28N10S. The molecule has 35 heavy (non-hydrogen) atoms. The van der Waals surface area contributed by atoms with Crippen molar-refractivity contribution in [3.63, 3.8) is 0 Å². The number of aromatic nitrogens is 6. The van der Waals surface area contributed by atoms with Crippen LogP contribution in [0.5, 0.6) is 0 Å². The maximum absolute atomic E-state index is 4.73. The summed E-state index contributed by atoms with van der Waals surface area (Å²) in [6.07, 6.45) is 3.39. The van der Waals surface area contributed by atoms with Gasteiger partial charge in [0.05, 0.1) is 5.69 Å². The molecule has 5 heterocycles. The van der Waals surface area contributed by atoms with Gasteiger partial charge in [-0.2, -0.15) is 4.98 Å². The molecule has 10 nitrogen and oxygen atoms in total. The van der Waals surface area contributed by atoms with Crippen molar-refractivity contribution in [2.45, 2.75) is 39.4 Å². The van der Waals surface area contributed by atoms with E-state index < -0.39 is 0 Å². The van der Waals surface area contributed by atoms with Crippen LogP contribution in [0.4, 0.5) is 22.7 Å². The first-order valence-corrected chi connectivity index (χ1v) is 12.4. The lowest BCUT2D eigenvalue weighted by Crippen LogP contribution is -2.53. The Morgan fingerprint density at radius 1 is 0.943 bits per heavy atom. The molecule has 5 rings (SSSR count). The number of hydrogen-bond donors (Lipinski definition) is 3. The molecule has 180 valence electrons. The molecule has 1 aliphatic heterocycles. The Morgan fingerprint density at radius 2 is 1.71 bits per heavy atom. The molecule has 0 aromatic carbocycles. The van der Waals surface area contributed by atoms with E-state index in [0.717, 1.165) is 41.8 Å². The monoisotopic (exact) mass is 488 g/mol. The molecule has 1 aliphatic rings. The second kappa shape index (κ2) is 10.4. The Bertz CT molecular complexity index is 1280. The predicted octanol–water partition coefficient (Wildman–Crippen LogP) is 3.76. The fraction of sp³-hybridized carbons (Fsp3) is 0.333.